The SMILES string of the molecule is C=CCCC(O)CC1CC1. The normalized spacial score (nSPS) is 20.5. The third-order valence-corrected chi connectivity index (χ3v) is 2.01. The first-order chi connectivity index (χ1) is 4.83. The Balaban J connectivity index is 1.96. The summed E-state index contributed by atoms with van der Waals surface area (Å²) in [7, 11) is 0. The summed E-state index contributed by atoms with van der Waals surface area (Å²) in [6.45, 7) is 3.62. The van der Waals surface area contributed by atoms with E-state index in [9.17, 15) is 5.11 Å². The van der Waals surface area contributed by atoms with Crippen LogP contribution in [0, 0.1) is 5.92 Å². The Labute approximate surface area is 62.8 Å². The molecule has 0 aromatic heterocycles. The molecular formula is C9H16O. The van der Waals surface area contributed by atoms with E-state index >= 15 is 0 Å². The van der Waals surface area contributed by atoms with E-state index in [0.717, 1.165) is 25.2 Å². The molecule has 1 rings (SSSR count). The van der Waals surface area contributed by atoms with Crippen LogP contribution >= 0.6 is 0 Å². The summed E-state index contributed by atoms with van der Waals surface area (Å²) in [4.78, 5) is 0. The molecule has 0 aliphatic heterocycles. The van der Waals surface area contributed by atoms with Crippen LogP contribution in [-0.4, -0.2) is 11.2 Å². The van der Waals surface area contributed by atoms with Crippen LogP contribution < -0.4 is 0 Å². The Bertz CT molecular complexity index is 105. The van der Waals surface area contributed by atoms with Crippen LogP contribution in [0.3, 0.4) is 0 Å². The summed E-state index contributed by atoms with van der Waals surface area (Å²) >= 11 is 0. The van der Waals surface area contributed by atoms with E-state index in [2.05, 4.69) is 6.58 Å². The molecule has 1 aliphatic rings. The van der Waals surface area contributed by atoms with Crippen molar-refractivity contribution < 1.29 is 5.11 Å². The van der Waals surface area contributed by atoms with Crippen LogP contribution in [0.25, 0.3) is 0 Å². The highest BCUT2D eigenvalue weighted by atomic mass is 16.3. The third kappa shape index (κ3) is 3.02. The van der Waals surface area contributed by atoms with E-state index in [4.69, 9.17) is 0 Å². The largest absolute Gasteiger partial charge is 0.393 e. The van der Waals surface area contributed by atoms with E-state index in [1.165, 1.54) is 12.8 Å². The minimum absolute atomic E-state index is 0.0644. The Morgan fingerprint density at radius 2 is 2.30 bits per heavy atom. The fourth-order valence-corrected chi connectivity index (χ4v) is 1.17. The van der Waals surface area contributed by atoms with E-state index in [1.807, 2.05) is 6.08 Å². The molecule has 0 heterocycles. The molecule has 1 saturated carbocycles. The maximum Gasteiger partial charge on any atom is 0.0545 e. The predicted octanol–water partition coefficient (Wildman–Crippen LogP) is 2.11. The maximum absolute atomic E-state index is 9.34. The smallest absolute Gasteiger partial charge is 0.0545 e. The van der Waals surface area contributed by atoms with Gasteiger partial charge in [0.05, 0.1) is 6.10 Å². The maximum atomic E-state index is 9.34. The molecule has 0 saturated heterocycles. The number of rotatable bonds is 5. The molecule has 0 amide bonds. The summed E-state index contributed by atoms with van der Waals surface area (Å²) in [5, 5.41) is 9.34. The molecule has 1 nitrogen and oxygen atoms in total. The van der Waals surface area contributed by atoms with E-state index < -0.39 is 0 Å². The summed E-state index contributed by atoms with van der Waals surface area (Å²) in [5.74, 6) is 0.847. The molecule has 0 radical (unpaired) electrons. The number of allylic oxidation sites excluding steroid dienone is 1. The van der Waals surface area contributed by atoms with Crippen molar-refractivity contribution in [3.05, 3.63) is 12.7 Å². The van der Waals surface area contributed by atoms with Crippen molar-refractivity contribution in [3.8, 4) is 0 Å². The summed E-state index contributed by atoms with van der Waals surface area (Å²) in [6, 6.07) is 0. The van der Waals surface area contributed by atoms with Crippen LogP contribution in [0.15, 0.2) is 12.7 Å². The lowest BCUT2D eigenvalue weighted by Gasteiger charge is -2.06. The van der Waals surface area contributed by atoms with Crippen molar-refractivity contribution in [1.82, 2.24) is 0 Å². The van der Waals surface area contributed by atoms with Gasteiger partial charge >= 0.3 is 0 Å². The van der Waals surface area contributed by atoms with Crippen molar-refractivity contribution in [2.45, 2.75) is 38.2 Å². The molecule has 1 unspecified atom stereocenters. The molecule has 1 heteroatoms. The Kier molecular flexibility index (Phi) is 2.94. The van der Waals surface area contributed by atoms with Gasteiger partial charge in [0.2, 0.25) is 0 Å². The Hall–Kier alpha value is -0.300. The van der Waals surface area contributed by atoms with Crippen molar-refractivity contribution >= 4 is 0 Å². The van der Waals surface area contributed by atoms with Gasteiger partial charge in [0, 0.05) is 0 Å². The second-order valence-corrected chi connectivity index (χ2v) is 3.20. The lowest BCUT2D eigenvalue weighted by Crippen LogP contribution is -2.06. The highest BCUT2D eigenvalue weighted by Gasteiger charge is 2.23. The quantitative estimate of drug-likeness (QED) is 0.580. The minimum Gasteiger partial charge on any atom is -0.393 e. The lowest BCUT2D eigenvalue weighted by molar-refractivity contribution is 0.149. The van der Waals surface area contributed by atoms with Gasteiger partial charge in [0.15, 0.2) is 0 Å². The van der Waals surface area contributed by atoms with Gasteiger partial charge < -0.3 is 5.11 Å². The summed E-state index contributed by atoms with van der Waals surface area (Å²) < 4.78 is 0. The van der Waals surface area contributed by atoms with E-state index in [1.54, 1.807) is 0 Å². The first-order valence-electron chi connectivity index (χ1n) is 4.12. The lowest BCUT2D eigenvalue weighted by atomic mass is 10.1. The van der Waals surface area contributed by atoms with Crippen molar-refractivity contribution in [1.29, 1.82) is 0 Å². The molecule has 0 aromatic carbocycles. The zero-order valence-corrected chi connectivity index (χ0v) is 6.42. The van der Waals surface area contributed by atoms with Crippen LogP contribution in [0.1, 0.15) is 32.1 Å². The third-order valence-electron chi connectivity index (χ3n) is 2.01. The van der Waals surface area contributed by atoms with Gasteiger partial charge in [-0.05, 0) is 25.2 Å². The highest BCUT2D eigenvalue weighted by Crippen LogP contribution is 2.34. The number of aliphatic hydroxyl groups excluding tert-OH is 1. The monoisotopic (exact) mass is 140 g/mol. The Morgan fingerprint density at radius 1 is 1.60 bits per heavy atom. The molecule has 10 heavy (non-hydrogen) atoms. The number of aliphatic hydroxyl groups is 1. The number of hydrogen-bond donors (Lipinski definition) is 1. The van der Waals surface area contributed by atoms with E-state index in [0.29, 0.717) is 0 Å². The van der Waals surface area contributed by atoms with Crippen LogP contribution in [-0.2, 0) is 0 Å². The van der Waals surface area contributed by atoms with Gasteiger partial charge in [-0.3, -0.25) is 0 Å². The molecule has 58 valence electrons. The first kappa shape index (κ1) is 7.80. The summed E-state index contributed by atoms with van der Waals surface area (Å²) in [5.41, 5.74) is 0. The van der Waals surface area contributed by atoms with Gasteiger partial charge in [-0.1, -0.05) is 18.9 Å². The predicted molar refractivity (Wildman–Crippen MR) is 42.8 cm³/mol. The van der Waals surface area contributed by atoms with Crippen LogP contribution in [0.5, 0.6) is 0 Å². The molecule has 1 N–H and O–H groups in total. The van der Waals surface area contributed by atoms with Gasteiger partial charge in [0.25, 0.3) is 0 Å². The van der Waals surface area contributed by atoms with Gasteiger partial charge in [-0.2, -0.15) is 0 Å². The summed E-state index contributed by atoms with van der Waals surface area (Å²) in [6.07, 6.45) is 7.36. The fraction of sp³-hybridized carbons (Fsp3) is 0.778. The molecule has 1 atom stereocenters. The molecule has 0 spiro atoms. The highest BCUT2D eigenvalue weighted by molar-refractivity contribution is 4.78. The fourth-order valence-electron chi connectivity index (χ4n) is 1.17. The minimum atomic E-state index is -0.0644. The Morgan fingerprint density at radius 3 is 2.80 bits per heavy atom. The molecule has 1 aliphatic carbocycles. The van der Waals surface area contributed by atoms with Gasteiger partial charge in [0.1, 0.15) is 0 Å². The average Bonchev–Trinajstić information content (AvgIpc) is 2.67. The topological polar surface area (TPSA) is 20.2 Å². The van der Waals surface area contributed by atoms with Gasteiger partial charge in [-0.15, -0.1) is 6.58 Å². The van der Waals surface area contributed by atoms with Gasteiger partial charge in [-0.25, -0.2) is 0 Å². The second-order valence-electron chi connectivity index (χ2n) is 3.20. The molecule has 0 aromatic rings. The first-order valence-corrected chi connectivity index (χ1v) is 4.12. The zero-order chi connectivity index (χ0) is 7.40. The standard InChI is InChI=1S/C9H16O/c1-2-3-4-9(10)7-8-5-6-8/h2,8-10H,1,3-7H2. The van der Waals surface area contributed by atoms with E-state index in [-0.39, 0.29) is 6.10 Å². The number of hydrogen-bond acceptors (Lipinski definition) is 1. The van der Waals surface area contributed by atoms with Crippen LogP contribution in [0.2, 0.25) is 0 Å². The molecule has 0 bridgehead atoms. The molecule has 1 fully saturated rings. The molecular weight excluding hydrogens is 124 g/mol. The van der Waals surface area contributed by atoms with Crippen molar-refractivity contribution in [2.75, 3.05) is 0 Å². The van der Waals surface area contributed by atoms with Crippen molar-refractivity contribution in [3.63, 3.8) is 0 Å². The average molecular weight is 140 g/mol. The second kappa shape index (κ2) is 3.77. The van der Waals surface area contributed by atoms with Crippen LogP contribution in [0.4, 0.5) is 0 Å². The zero-order valence-electron chi connectivity index (χ0n) is 6.42. The van der Waals surface area contributed by atoms with Crippen molar-refractivity contribution in [2.24, 2.45) is 5.92 Å².